The van der Waals surface area contributed by atoms with Crippen LogP contribution in [0.3, 0.4) is 0 Å². The van der Waals surface area contributed by atoms with Gasteiger partial charge in [-0.1, -0.05) is 6.07 Å². The Labute approximate surface area is 166 Å². The monoisotopic (exact) mass is 385 g/mol. The molecule has 150 valence electrons. The van der Waals surface area contributed by atoms with Gasteiger partial charge in [-0.25, -0.2) is 0 Å². The summed E-state index contributed by atoms with van der Waals surface area (Å²) in [6.07, 6.45) is 1.10. The number of hydrogen-bond donors (Lipinski definition) is 0. The van der Waals surface area contributed by atoms with E-state index in [1.165, 1.54) is 5.56 Å². The third-order valence-electron chi connectivity index (χ3n) is 5.22. The smallest absolute Gasteiger partial charge is 0.227 e. The fraction of sp³-hybridized carbons (Fsp3) is 0.409. The SMILES string of the molecule is COc1ccc(CC(=O)N2Cc3cc(OC)c(OC)cc3CC2C)cc1OC. The van der Waals surface area contributed by atoms with E-state index < -0.39 is 0 Å². The highest BCUT2D eigenvalue weighted by atomic mass is 16.5. The van der Waals surface area contributed by atoms with Crippen LogP contribution >= 0.6 is 0 Å². The van der Waals surface area contributed by atoms with Crippen LogP contribution in [0.25, 0.3) is 0 Å². The maximum absolute atomic E-state index is 13.0. The van der Waals surface area contributed by atoms with Crippen molar-refractivity contribution in [2.24, 2.45) is 0 Å². The first-order chi connectivity index (χ1) is 13.5. The molecule has 0 radical (unpaired) electrons. The highest BCUT2D eigenvalue weighted by Crippen LogP contribution is 2.35. The van der Waals surface area contributed by atoms with Crippen LogP contribution in [0, 0.1) is 0 Å². The van der Waals surface area contributed by atoms with Gasteiger partial charge >= 0.3 is 0 Å². The maximum atomic E-state index is 13.0. The molecule has 1 amide bonds. The Hall–Kier alpha value is -2.89. The zero-order chi connectivity index (χ0) is 20.3. The number of methoxy groups -OCH3 is 4. The van der Waals surface area contributed by atoms with Crippen LogP contribution in [-0.4, -0.2) is 45.3 Å². The Morgan fingerprint density at radius 1 is 0.893 bits per heavy atom. The van der Waals surface area contributed by atoms with E-state index in [2.05, 4.69) is 6.92 Å². The minimum atomic E-state index is 0.0835. The molecule has 0 aromatic heterocycles. The second-order valence-corrected chi connectivity index (χ2v) is 6.92. The van der Waals surface area contributed by atoms with Gasteiger partial charge in [-0.2, -0.15) is 0 Å². The largest absolute Gasteiger partial charge is 0.493 e. The van der Waals surface area contributed by atoms with Gasteiger partial charge in [0.2, 0.25) is 5.91 Å². The van der Waals surface area contributed by atoms with Gasteiger partial charge in [0, 0.05) is 12.6 Å². The van der Waals surface area contributed by atoms with Crippen LogP contribution in [0.5, 0.6) is 23.0 Å². The Bertz CT molecular complexity index is 864. The number of hydrogen-bond acceptors (Lipinski definition) is 5. The highest BCUT2D eigenvalue weighted by molar-refractivity contribution is 5.79. The lowest BCUT2D eigenvalue weighted by atomic mass is 9.93. The lowest BCUT2D eigenvalue weighted by Crippen LogP contribution is -2.43. The fourth-order valence-electron chi connectivity index (χ4n) is 3.67. The molecule has 3 rings (SSSR count). The minimum absolute atomic E-state index is 0.0835. The summed E-state index contributed by atoms with van der Waals surface area (Å²) < 4.78 is 21.4. The summed E-state index contributed by atoms with van der Waals surface area (Å²) in [4.78, 5) is 14.9. The molecule has 2 aromatic rings. The van der Waals surface area contributed by atoms with E-state index >= 15 is 0 Å². The molecule has 1 atom stereocenters. The van der Waals surface area contributed by atoms with Crippen LogP contribution in [0.15, 0.2) is 30.3 Å². The lowest BCUT2D eigenvalue weighted by molar-refractivity contribution is -0.133. The summed E-state index contributed by atoms with van der Waals surface area (Å²) in [7, 11) is 6.44. The Kier molecular flexibility index (Phi) is 5.97. The second kappa shape index (κ2) is 8.42. The molecule has 28 heavy (non-hydrogen) atoms. The summed E-state index contributed by atoms with van der Waals surface area (Å²) in [6, 6.07) is 9.67. The van der Waals surface area contributed by atoms with Gasteiger partial charge in [0.1, 0.15) is 0 Å². The van der Waals surface area contributed by atoms with Gasteiger partial charge in [-0.15, -0.1) is 0 Å². The molecule has 0 bridgehead atoms. The zero-order valence-corrected chi connectivity index (χ0v) is 17.1. The molecule has 0 aliphatic carbocycles. The van der Waals surface area contributed by atoms with E-state index in [-0.39, 0.29) is 11.9 Å². The van der Waals surface area contributed by atoms with Crippen molar-refractivity contribution in [1.29, 1.82) is 0 Å². The van der Waals surface area contributed by atoms with Gasteiger partial charge in [0.25, 0.3) is 0 Å². The molecular weight excluding hydrogens is 358 g/mol. The Morgan fingerprint density at radius 2 is 1.46 bits per heavy atom. The Balaban J connectivity index is 1.80. The quantitative estimate of drug-likeness (QED) is 0.764. The molecule has 6 nitrogen and oxygen atoms in total. The second-order valence-electron chi connectivity index (χ2n) is 6.92. The zero-order valence-electron chi connectivity index (χ0n) is 17.1. The third-order valence-corrected chi connectivity index (χ3v) is 5.22. The number of ether oxygens (including phenoxy) is 4. The number of carbonyl (C=O) groups is 1. The predicted molar refractivity (Wildman–Crippen MR) is 107 cm³/mol. The topological polar surface area (TPSA) is 57.2 Å². The van der Waals surface area contributed by atoms with Gasteiger partial charge < -0.3 is 23.8 Å². The number of fused-ring (bicyclic) bond motifs is 1. The highest BCUT2D eigenvalue weighted by Gasteiger charge is 2.28. The summed E-state index contributed by atoms with van der Waals surface area (Å²) >= 11 is 0. The number of carbonyl (C=O) groups excluding carboxylic acids is 1. The van der Waals surface area contributed by atoms with Crippen molar-refractivity contribution in [3.63, 3.8) is 0 Å². The molecule has 1 aliphatic heterocycles. The van der Waals surface area contributed by atoms with Crippen LogP contribution in [0.2, 0.25) is 0 Å². The van der Waals surface area contributed by atoms with Crippen LogP contribution in [-0.2, 0) is 24.2 Å². The molecule has 0 saturated carbocycles. The average molecular weight is 385 g/mol. The summed E-state index contributed by atoms with van der Waals surface area (Å²) in [6.45, 7) is 2.63. The summed E-state index contributed by atoms with van der Waals surface area (Å²) in [5.41, 5.74) is 3.18. The van der Waals surface area contributed by atoms with Crippen molar-refractivity contribution >= 4 is 5.91 Å². The first-order valence-electron chi connectivity index (χ1n) is 9.24. The van der Waals surface area contributed by atoms with Crippen molar-refractivity contribution in [3.8, 4) is 23.0 Å². The van der Waals surface area contributed by atoms with E-state index in [0.29, 0.717) is 30.2 Å². The van der Waals surface area contributed by atoms with Gasteiger partial charge in [0.05, 0.1) is 34.9 Å². The minimum Gasteiger partial charge on any atom is -0.493 e. The summed E-state index contributed by atoms with van der Waals surface area (Å²) in [5, 5.41) is 0. The van der Waals surface area contributed by atoms with Crippen LogP contribution in [0.4, 0.5) is 0 Å². The number of benzene rings is 2. The van der Waals surface area contributed by atoms with E-state index in [9.17, 15) is 4.79 Å². The van der Waals surface area contributed by atoms with Crippen molar-refractivity contribution < 1.29 is 23.7 Å². The molecule has 0 fully saturated rings. The van der Waals surface area contributed by atoms with Crippen molar-refractivity contribution in [2.45, 2.75) is 32.4 Å². The standard InChI is InChI=1S/C22H27NO5/c1-14-8-16-11-20(27-4)21(28-5)12-17(16)13-23(14)22(24)10-15-6-7-18(25-2)19(9-15)26-3/h6-7,9,11-12,14H,8,10,13H2,1-5H3. The molecule has 1 unspecified atom stereocenters. The maximum Gasteiger partial charge on any atom is 0.227 e. The van der Waals surface area contributed by atoms with Crippen molar-refractivity contribution in [1.82, 2.24) is 4.90 Å². The Morgan fingerprint density at radius 3 is 2.07 bits per heavy atom. The first kappa shape index (κ1) is 19.9. The number of rotatable bonds is 6. The molecule has 6 heteroatoms. The van der Waals surface area contributed by atoms with E-state index in [0.717, 1.165) is 23.3 Å². The van der Waals surface area contributed by atoms with Crippen LogP contribution < -0.4 is 18.9 Å². The molecule has 2 aromatic carbocycles. The molecule has 0 N–H and O–H groups in total. The van der Waals surface area contributed by atoms with Gasteiger partial charge in [-0.05, 0) is 54.3 Å². The van der Waals surface area contributed by atoms with E-state index in [4.69, 9.17) is 18.9 Å². The lowest BCUT2D eigenvalue weighted by Gasteiger charge is -2.35. The normalized spacial score (nSPS) is 15.6. The third kappa shape index (κ3) is 3.86. The molecule has 0 spiro atoms. The van der Waals surface area contributed by atoms with Gasteiger partial charge in [0.15, 0.2) is 23.0 Å². The van der Waals surface area contributed by atoms with E-state index in [1.54, 1.807) is 28.4 Å². The fourth-order valence-corrected chi connectivity index (χ4v) is 3.67. The molecule has 0 saturated heterocycles. The predicted octanol–water partition coefficient (Wildman–Crippen LogP) is 3.24. The molecule has 1 heterocycles. The van der Waals surface area contributed by atoms with E-state index in [1.807, 2.05) is 35.2 Å². The first-order valence-corrected chi connectivity index (χ1v) is 9.24. The van der Waals surface area contributed by atoms with Gasteiger partial charge in [-0.3, -0.25) is 4.79 Å². The number of amides is 1. The molecular formula is C22H27NO5. The van der Waals surface area contributed by atoms with Crippen molar-refractivity contribution in [3.05, 3.63) is 47.0 Å². The van der Waals surface area contributed by atoms with Crippen LogP contribution in [0.1, 0.15) is 23.6 Å². The average Bonchev–Trinajstić information content (AvgIpc) is 2.71. The van der Waals surface area contributed by atoms with Crippen molar-refractivity contribution in [2.75, 3.05) is 28.4 Å². The number of nitrogens with zero attached hydrogens (tertiary/aromatic N) is 1. The summed E-state index contributed by atoms with van der Waals surface area (Å²) in [5.74, 6) is 2.77. The molecule has 1 aliphatic rings.